The van der Waals surface area contributed by atoms with Gasteiger partial charge < -0.3 is 20.2 Å². The molecule has 2 heterocycles. The predicted molar refractivity (Wildman–Crippen MR) is 143 cm³/mol. The maximum atomic E-state index is 13.2. The highest BCUT2D eigenvalue weighted by Gasteiger charge is 2.48. The van der Waals surface area contributed by atoms with Crippen LogP contribution in [0.1, 0.15) is 29.5 Å². The molecule has 10 nitrogen and oxygen atoms in total. The molecule has 2 N–H and O–H groups in total. The molecule has 2 aromatic carbocycles. The number of hydrogen-bond donors (Lipinski definition) is 2. The molecular weight excluding hydrogens is 529 g/mol. The fourth-order valence-corrected chi connectivity index (χ4v) is 4.82. The summed E-state index contributed by atoms with van der Waals surface area (Å²) in [6.45, 7) is 3.02. The molecule has 210 valence electrons. The third-order valence-corrected chi connectivity index (χ3v) is 7.04. The molecule has 0 aromatic heterocycles. The van der Waals surface area contributed by atoms with E-state index < -0.39 is 18.2 Å². The van der Waals surface area contributed by atoms with Crippen LogP contribution in [0, 0.1) is 12.7 Å². The molecular formula is C27H33ClFN5O5. The Hall–Kier alpha value is -3.54. The van der Waals surface area contributed by atoms with Crippen molar-refractivity contribution in [3.63, 3.8) is 0 Å². The minimum Gasteiger partial charge on any atom is -0.481 e. The summed E-state index contributed by atoms with van der Waals surface area (Å²) in [5, 5.41) is 15.6. The largest absolute Gasteiger partial charge is 0.481 e. The van der Waals surface area contributed by atoms with Crippen LogP contribution in [0.15, 0.2) is 42.5 Å². The van der Waals surface area contributed by atoms with Crippen LogP contribution in [0.2, 0.25) is 5.02 Å². The van der Waals surface area contributed by atoms with Crippen LogP contribution in [0.25, 0.3) is 0 Å². The lowest BCUT2D eigenvalue weighted by atomic mass is 10.0. The number of nitrogens with one attached hydrogen (secondary N) is 1. The topological polar surface area (TPSA) is 114 Å². The van der Waals surface area contributed by atoms with Crippen LogP contribution in [0.4, 0.5) is 4.39 Å². The first kappa shape index (κ1) is 30.0. The summed E-state index contributed by atoms with van der Waals surface area (Å²) >= 11 is 6.08. The molecule has 0 aliphatic carbocycles. The second kappa shape index (κ2) is 13.5. The molecule has 0 radical (unpaired) electrons. The highest BCUT2D eigenvalue weighted by atomic mass is 35.5. The van der Waals surface area contributed by atoms with Gasteiger partial charge in [-0.25, -0.2) is 9.40 Å². The molecule has 2 aromatic rings. The van der Waals surface area contributed by atoms with Crippen molar-refractivity contribution in [3.05, 3.63) is 70.0 Å². The summed E-state index contributed by atoms with van der Waals surface area (Å²) < 4.78 is 12.3. The Labute approximate surface area is 231 Å². The van der Waals surface area contributed by atoms with Gasteiger partial charge in [-0.05, 0) is 55.3 Å². The molecule has 0 saturated carbocycles. The van der Waals surface area contributed by atoms with Crippen LogP contribution >= 0.6 is 11.6 Å². The molecule has 2 aliphatic rings. The quantitative estimate of drug-likeness (QED) is 0.475. The number of benzene rings is 2. The van der Waals surface area contributed by atoms with E-state index in [0.717, 1.165) is 23.2 Å². The number of amides is 3. The van der Waals surface area contributed by atoms with E-state index in [4.69, 9.17) is 16.7 Å². The zero-order chi connectivity index (χ0) is 28.7. The summed E-state index contributed by atoms with van der Waals surface area (Å²) in [5.74, 6) is -1.85. The number of hydrogen-bond acceptors (Lipinski definition) is 6. The van der Waals surface area contributed by atoms with E-state index in [1.807, 2.05) is 26.1 Å². The third kappa shape index (κ3) is 7.53. The second-order valence-electron chi connectivity index (χ2n) is 9.49. The zero-order valence-electron chi connectivity index (χ0n) is 22.1. The van der Waals surface area contributed by atoms with Gasteiger partial charge in [-0.1, -0.05) is 35.9 Å². The Morgan fingerprint density at radius 2 is 1.85 bits per heavy atom. The first-order valence-electron chi connectivity index (χ1n) is 12.5. The average Bonchev–Trinajstić information content (AvgIpc) is 2.88. The first-order chi connectivity index (χ1) is 18.5. The molecule has 0 bridgehead atoms. The molecule has 3 amide bonds. The van der Waals surface area contributed by atoms with E-state index in [9.17, 15) is 23.6 Å². The van der Waals surface area contributed by atoms with Gasteiger partial charge in [-0.2, -0.15) is 0 Å². The standard InChI is InChI=1S/C19H23ClN4O5.C8H10FN/c1-12-7-13(3-4-14(12)20)8-22-9-16-23(11-25)21(2)10-17(26)24(16)15(19(22)29)5-6-18(27)28;1-10-6-7-2-4-8(9)5-3-7/h3-4,7,11,15-16H,5-6,8-10H2,1-2H3,(H,27,28);2-5,10H,6H2,1H3/t15?,16-;/m1./s1. The Morgan fingerprint density at radius 1 is 1.18 bits per heavy atom. The van der Waals surface area contributed by atoms with Crippen molar-refractivity contribution in [2.45, 2.75) is 45.1 Å². The first-order valence-corrected chi connectivity index (χ1v) is 12.8. The van der Waals surface area contributed by atoms with Crippen molar-refractivity contribution in [1.29, 1.82) is 0 Å². The fourth-order valence-electron chi connectivity index (χ4n) is 4.70. The van der Waals surface area contributed by atoms with E-state index >= 15 is 0 Å². The van der Waals surface area contributed by atoms with Gasteiger partial charge in [-0.3, -0.25) is 24.2 Å². The maximum absolute atomic E-state index is 13.2. The van der Waals surface area contributed by atoms with E-state index in [1.54, 1.807) is 30.1 Å². The molecule has 0 spiro atoms. The summed E-state index contributed by atoms with van der Waals surface area (Å²) in [5.41, 5.74) is 2.84. The lowest BCUT2D eigenvalue weighted by molar-refractivity contribution is -0.197. The third-order valence-electron chi connectivity index (χ3n) is 6.62. The number of aryl methyl sites for hydroxylation is 1. The Balaban J connectivity index is 0.000000353. The Morgan fingerprint density at radius 3 is 2.44 bits per heavy atom. The van der Waals surface area contributed by atoms with Gasteiger partial charge in [0.1, 0.15) is 18.0 Å². The molecule has 12 heteroatoms. The van der Waals surface area contributed by atoms with Gasteiger partial charge in [-0.15, -0.1) is 0 Å². The minimum absolute atomic E-state index is 0.0109. The van der Waals surface area contributed by atoms with Crippen LogP contribution in [-0.4, -0.2) is 88.5 Å². The number of piperazine rings is 1. The number of hydrazine groups is 1. The van der Waals surface area contributed by atoms with Gasteiger partial charge >= 0.3 is 5.97 Å². The van der Waals surface area contributed by atoms with Crippen LogP contribution < -0.4 is 5.32 Å². The van der Waals surface area contributed by atoms with Gasteiger partial charge in [0, 0.05) is 31.6 Å². The van der Waals surface area contributed by atoms with E-state index in [2.05, 4.69) is 5.32 Å². The number of fused-ring (bicyclic) bond motifs is 1. The zero-order valence-corrected chi connectivity index (χ0v) is 22.9. The highest BCUT2D eigenvalue weighted by molar-refractivity contribution is 6.31. The number of likely N-dealkylation sites (N-methyl/N-ethyl adjacent to an activating group) is 1. The molecule has 2 aliphatic heterocycles. The van der Waals surface area contributed by atoms with E-state index in [-0.39, 0.29) is 50.1 Å². The van der Waals surface area contributed by atoms with Crippen LogP contribution in [-0.2, 0) is 32.3 Å². The number of nitrogens with zero attached hydrogens (tertiary/aromatic N) is 4. The molecule has 4 rings (SSSR count). The Bertz CT molecular complexity index is 1200. The van der Waals surface area contributed by atoms with Crippen LogP contribution in [0.3, 0.4) is 0 Å². The SMILES string of the molecule is CNCc1ccc(F)cc1.Cc1cc(CN2C[C@H]3N(C(=O)CN(C)N3C=O)C(CCC(=O)O)C2=O)ccc1Cl. The van der Waals surface area contributed by atoms with Gasteiger partial charge in [0.05, 0.1) is 13.1 Å². The van der Waals surface area contributed by atoms with Crippen LogP contribution in [0.5, 0.6) is 0 Å². The summed E-state index contributed by atoms with van der Waals surface area (Å²) in [6, 6.07) is 11.0. The van der Waals surface area contributed by atoms with Gasteiger partial charge in [0.15, 0.2) is 0 Å². The molecule has 2 fully saturated rings. The predicted octanol–water partition coefficient (Wildman–Crippen LogP) is 2.24. The molecule has 2 saturated heterocycles. The van der Waals surface area contributed by atoms with Crippen molar-refractivity contribution in [2.75, 3.05) is 27.2 Å². The van der Waals surface area contributed by atoms with Crippen molar-refractivity contribution >= 4 is 35.8 Å². The molecule has 2 atom stereocenters. The summed E-state index contributed by atoms with van der Waals surface area (Å²) in [4.78, 5) is 51.5. The van der Waals surface area contributed by atoms with E-state index in [0.29, 0.717) is 11.4 Å². The number of carboxylic acid groups (broad SMARTS) is 1. The smallest absolute Gasteiger partial charge is 0.303 e. The average molecular weight is 562 g/mol. The fraction of sp³-hybridized carbons (Fsp3) is 0.407. The number of rotatable bonds is 8. The number of carboxylic acids is 1. The summed E-state index contributed by atoms with van der Waals surface area (Å²) in [7, 11) is 3.49. The maximum Gasteiger partial charge on any atom is 0.303 e. The molecule has 1 unspecified atom stereocenters. The monoisotopic (exact) mass is 561 g/mol. The number of carbonyl (C=O) groups is 4. The normalized spacial score (nSPS) is 19.4. The highest BCUT2D eigenvalue weighted by Crippen LogP contribution is 2.28. The van der Waals surface area contributed by atoms with Gasteiger partial charge in [0.2, 0.25) is 18.2 Å². The number of aliphatic carboxylic acids is 1. The molecule has 39 heavy (non-hydrogen) atoms. The van der Waals surface area contributed by atoms with E-state index in [1.165, 1.54) is 27.1 Å². The second-order valence-corrected chi connectivity index (χ2v) is 9.90. The Kier molecular flexibility index (Phi) is 10.4. The van der Waals surface area contributed by atoms with Crippen molar-refractivity contribution in [1.82, 2.24) is 25.1 Å². The van der Waals surface area contributed by atoms with Crippen molar-refractivity contribution in [3.8, 4) is 0 Å². The van der Waals surface area contributed by atoms with Crippen molar-refractivity contribution < 1.29 is 28.7 Å². The summed E-state index contributed by atoms with van der Waals surface area (Å²) in [6.07, 6.45) is -0.317. The van der Waals surface area contributed by atoms with Gasteiger partial charge in [0.25, 0.3) is 0 Å². The lowest BCUT2D eigenvalue weighted by Gasteiger charge is -2.53. The number of carbonyl (C=O) groups excluding carboxylic acids is 3. The lowest BCUT2D eigenvalue weighted by Crippen LogP contribution is -2.73. The van der Waals surface area contributed by atoms with Crippen molar-refractivity contribution in [2.24, 2.45) is 0 Å². The minimum atomic E-state index is -1.05. The number of halogens is 2.